The highest BCUT2D eigenvalue weighted by atomic mass is 79.9. The second-order valence-electron chi connectivity index (χ2n) is 1.12. The van der Waals surface area contributed by atoms with Gasteiger partial charge in [-0.3, -0.25) is 4.18 Å². The second-order valence-corrected chi connectivity index (χ2v) is 3.77. The average Bonchev–Trinajstić information content (AvgIpc) is 1.67. The van der Waals surface area contributed by atoms with Crippen LogP contribution in [0.2, 0.25) is 0 Å². The predicted octanol–water partition coefficient (Wildman–Crippen LogP) is 0.358. The van der Waals surface area contributed by atoms with E-state index in [0.717, 1.165) is 7.11 Å². The molecule has 0 aromatic heterocycles. The molecule has 0 bridgehead atoms. The quantitative estimate of drug-likeness (QED) is 0.491. The van der Waals surface area contributed by atoms with Crippen molar-refractivity contribution in [3.63, 3.8) is 0 Å². The minimum Gasteiger partial charge on any atom is -0.273 e. The molecule has 0 aromatic rings. The predicted molar refractivity (Wildman–Crippen MR) is 34.6 cm³/mol. The lowest BCUT2D eigenvalue weighted by molar-refractivity contribution is 0.399. The summed E-state index contributed by atoms with van der Waals surface area (Å²) in [5.74, 6) is 0.0312. The number of rotatable bonds is 3. The molecule has 0 spiro atoms. The summed E-state index contributed by atoms with van der Waals surface area (Å²) in [5.41, 5.74) is 0. The van der Waals surface area contributed by atoms with Crippen molar-refractivity contribution in [1.82, 2.24) is 0 Å². The van der Waals surface area contributed by atoms with Crippen LogP contribution in [0.4, 0.5) is 0 Å². The van der Waals surface area contributed by atoms with Gasteiger partial charge in [0.05, 0.1) is 12.9 Å². The van der Waals surface area contributed by atoms with Crippen molar-refractivity contribution in [2.24, 2.45) is 0 Å². The third-order valence-electron chi connectivity index (χ3n) is 0.581. The average molecular weight is 203 g/mol. The molecule has 0 rings (SSSR count). The van der Waals surface area contributed by atoms with Crippen molar-refractivity contribution in [3.05, 3.63) is 0 Å². The topological polar surface area (TPSA) is 43.4 Å². The zero-order valence-electron chi connectivity index (χ0n) is 4.43. The number of hydrogen-bond donors (Lipinski definition) is 0. The monoisotopic (exact) mass is 202 g/mol. The molecule has 0 radical (unpaired) electrons. The van der Waals surface area contributed by atoms with Crippen molar-refractivity contribution < 1.29 is 12.6 Å². The van der Waals surface area contributed by atoms with Crippen molar-refractivity contribution in [2.75, 3.05) is 18.2 Å². The van der Waals surface area contributed by atoms with Gasteiger partial charge in [-0.15, -0.1) is 0 Å². The minimum atomic E-state index is -3.22. The summed E-state index contributed by atoms with van der Waals surface area (Å²) in [4.78, 5) is 0. The van der Waals surface area contributed by atoms with Crippen molar-refractivity contribution in [3.8, 4) is 0 Å². The Kier molecular flexibility index (Phi) is 3.59. The lowest BCUT2D eigenvalue weighted by Gasteiger charge is -1.93. The fraction of sp³-hybridized carbons (Fsp3) is 1.00. The third-order valence-corrected chi connectivity index (χ3v) is 2.71. The van der Waals surface area contributed by atoms with Crippen LogP contribution in [0.5, 0.6) is 0 Å². The van der Waals surface area contributed by atoms with Gasteiger partial charge < -0.3 is 0 Å². The Balaban J connectivity index is 3.76. The molecule has 0 amide bonds. The molecule has 0 fully saturated rings. The molecular weight excluding hydrogens is 196 g/mol. The maximum absolute atomic E-state index is 10.3. The molecule has 0 aromatic carbocycles. The molecule has 0 saturated carbocycles. The fourth-order valence-electron chi connectivity index (χ4n) is 0.178. The Bertz CT molecular complexity index is 139. The fourth-order valence-corrected chi connectivity index (χ4v) is 1.72. The summed E-state index contributed by atoms with van der Waals surface area (Å²) >= 11 is 2.97. The van der Waals surface area contributed by atoms with Gasteiger partial charge in [0.15, 0.2) is 0 Å². The van der Waals surface area contributed by atoms with E-state index in [2.05, 4.69) is 20.1 Å². The minimum absolute atomic E-state index is 0.0312. The summed E-state index contributed by atoms with van der Waals surface area (Å²) < 4.78 is 24.8. The van der Waals surface area contributed by atoms with E-state index in [-0.39, 0.29) is 5.75 Å². The van der Waals surface area contributed by atoms with Gasteiger partial charge in [0.1, 0.15) is 0 Å². The smallest absolute Gasteiger partial charge is 0.267 e. The van der Waals surface area contributed by atoms with E-state index in [0.29, 0.717) is 5.33 Å². The van der Waals surface area contributed by atoms with Crippen molar-refractivity contribution >= 4 is 26.0 Å². The van der Waals surface area contributed by atoms with Crippen molar-refractivity contribution in [2.45, 2.75) is 0 Å². The Labute approximate surface area is 57.3 Å². The molecule has 0 atom stereocenters. The molecule has 0 saturated heterocycles. The van der Waals surface area contributed by atoms with Crippen LogP contribution >= 0.6 is 15.9 Å². The van der Waals surface area contributed by atoms with E-state index in [1.54, 1.807) is 0 Å². The summed E-state index contributed by atoms with van der Waals surface area (Å²) in [5, 5.41) is 0.420. The Morgan fingerprint density at radius 2 is 2.12 bits per heavy atom. The summed E-state index contributed by atoms with van der Waals surface area (Å²) in [6, 6.07) is 0. The second kappa shape index (κ2) is 3.42. The molecule has 0 aliphatic rings. The molecule has 3 nitrogen and oxygen atoms in total. The van der Waals surface area contributed by atoms with E-state index in [9.17, 15) is 8.42 Å². The van der Waals surface area contributed by atoms with Crippen LogP contribution in [0, 0.1) is 0 Å². The van der Waals surface area contributed by atoms with E-state index >= 15 is 0 Å². The summed E-state index contributed by atoms with van der Waals surface area (Å²) in [6.07, 6.45) is 0. The molecule has 0 unspecified atom stereocenters. The van der Waals surface area contributed by atoms with Gasteiger partial charge in [-0.25, -0.2) is 0 Å². The van der Waals surface area contributed by atoms with Crippen LogP contribution in [0.1, 0.15) is 0 Å². The first-order valence-electron chi connectivity index (χ1n) is 1.96. The molecular formula is C3H7BrO3S. The normalized spacial score (nSPS) is 11.8. The van der Waals surface area contributed by atoms with Gasteiger partial charge in [-0.05, 0) is 0 Å². The lowest BCUT2D eigenvalue weighted by atomic mass is 11.0. The largest absolute Gasteiger partial charge is 0.273 e. The Morgan fingerprint density at radius 3 is 2.25 bits per heavy atom. The molecule has 0 heterocycles. The van der Waals surface area contributed by atoms with Crippen LogP contribution in [-0.4, -0.2) is 26.6 Å². The summed E-state index contributed by atoms with van der Waals surface area (Å²) in [7, 11) is -2.07. The van der Waals surface area contributed by atoms with E-state index in [1.807, 2.05) is 0 Å². The molecule has 0 aliphatic heterocycles. The molecule has 8 heavy (non-hydrogen) atoms. The molecule has 50 valence electrons. The zero-order valence-corrected chi connectivity index (χ0v) is 6.83. The highest BCUT2D eigenvalue weighted by Crippen LogP contribution is 1.91. The number of alkyl halides is 1. The zero-order chi connectivity index (χ0) is 6.62. The van der Waals surface area contributed by atoms with Crippen LogP contribution in [-0.2, 0) is 14.3 Å². The third kappa shape index (κ3) is 3.40. The maximum atomic E-state index is 10.3. The van der Waals surface area contributed by atoms with E-state index in [1.165, 1.54) is 0 Å². The first-order valence-corrected chi connectivity index (χ1v) is 4.66. The maximum Gasteiger partial charge on any atom is 0.267 e. The standard InChI is InChI=1S/C3H7BrO3S/c1-7-8(5,6)3-2-4/h2-3H2,1H3. The van der Waals surface area contributed by atoms with Crippen LogP contribution in [0.3, 0.4) is 0 Å². The summed E-state index contributed by atoms with van der Waals surface area (Å²) in [6.45, 7) is 0. The van der Waals surface area contributed by atoms with Gasteiger partial charge in [-0.2, -0.15) is 8.42 Å². The van der Waals surface area contributed by atoms with Gasteiger partial charge in [0.25, 0.3) is 10.1 Å². The SMILES string of the molecule is COS(=O)(=O)CCBr. The van der Waals surface area contributed by atoms with Gasteiger partial charge in [0.2, 0.25) is 0 Å². The molecule has 5 heteroatoms. The molecule has 0 aliphatic carbocycles. The first-order chi connectivity index (χ1) is 3.62. The van der Waals surface area contributed by atoms with Gasteiger partial charge in [-0.1, -0.05) is 15.9 Å². The highest BCUT2D eigenvalue weighted by molar-refractivity contribution is 9.09. The van der Waals surface area contributed by atoms with Gasteiger partial charge >= 0.3 is 0 Å². The lowest BCUT2D eigenvalue weighted by Crippen LogP contribution is -2.07. The Hall–Kier alpha value is 0.390. The molecule has 0 N–H and O–H groups in total. The highest BCUT2D eigenvalue weighted by Gasteiger charge is 2.04. The number of halogens is 1. The van der Waals surface area contributed by atoms with Crippen LogP contribution in [0.15, 0.2) is 0 Å². The van der Waals surface area contributed by atoms with E-state index < -0.39 is 10.1 Å². The van der Waals surface area contributed by atoms with Crippen LogP contribution in [0.25, 0.3) is 0 Å². The number of hydrogen-bond acceptors (Lipinski definition) is 3. The van der Waals surface area contributed by atoms with E-state index in [4.69, 9.17) is 0 Å². The Morgan fingerprint density at radius 1 is 1.62 bits per heavy atom. The van der Waals surface area contributed by atoms with Gasteiger partial charge in [0, 0.05) is 5.33 Å². The van der Waals surface area contributed by atoms with Crippen molar-refractivity contribution in [1.29, 1.82) is 0 Å². The van der Waals surface area contributed by atoms with Crippen LogP contribution < -0.4 is 0 Å². The first kappa shape index (κ1) is 8.39.